The van der Waals surface area contributed by atoms with Crippen molar-refractivity contribution >= 4 is 34.4 Å². The van der Waals surface area contributed by atoms with E-state index in [4.69, 9.17) is 9.84 Å². The molecule has 2 unspecified atom stereocenters. The second kappa shape index (κ2) is 10.4. The molecule has 11 heteroatoms. The number of hydrogen-bond donors (Lipinski definition) is 1. The largest absolute Gasteiger partial charge is 0.754 e. The van der Waals surface area contributed by atoms with Crippen LogP contribution in [-0.4, -0.2) is 45.3 Å². The van der Waals surface area contributed by atoms with Crippen LogP contribution < -0.4 is 4.74 Å². The summed E-state index contributed by atoms with van der Waals surface area (Å²) in [5.74, 6) is -1.38. The molecular weight excluding hydrogens is 386 g/mol. The minimum absolute atomic E-state index is 0.0223. The highest BCUT2D eigenvalue weighted by atomic mass is 32.3. The zero-order chi connectivity index (χ0) is 19.7. The van der Waals surface area contributed by atoms with Crippen LogP contribution >= 0.6 is 0 Å². The number of aromatic carboxylic acids is 1. The Balaban J connectivity index is 0.000000273. The predicted molar refractivity (Wildman–Crippen MR) is 90.4 cm³/mol. The Hall–Kier alpha value is -2.60. The van der Waals surface area contributed by atoms with E-state index in [1.54, 1.807) is 18.2 Å². The first-order valence-corrected chi connectivity index (χ1v) is 8.80. The molecule has 0 aliphatic carbocycles. The average Bonchev–Trinajstić information content (AvgIpc) is 2.62. The Morgan fingerprint density at radius 3 is 1.81 bits per heavy atom. The third-order valence-corrected chi connectivity index (χ3v) is 4.40. The third kappa shape index (κ3) is 6.37. The van der Waals surface area contributed by atoms with Crippen LogP contribution in [0.3, 0.4) is 0 Å². The average molecular weight is 399 g/mol. The first-order valence-electron chi connectivity index (χ1n) is 6.73. The number of carbonyl (C=O) groups excluding carboxylic acids is 1. The van der Waals surface area contributed by atoms with Gasteiger partial charge >= 0.3 is 5.97 Å². The van der Waals surface area contributed by atoms with Crippen molar-refractivity contribution in [3.8, 4) is 5.75 Å². The topological polar surface area (TPSA) is 147 Å². The zero-order valence-electron chi connectivity index (χ0n) is 13.3. The second-order valence-corrected chi connectivity index (χ2v) is 6.23. The Labute approximate surface area is 154 Å². The summed E-state index contributed by atoms with van der Waals surface area (Å²) in [5, 5.41) is 8.51. The van der Waals surface area contributed by atoms with Crippen LogP contribution in [0, 0.1) is 0 Å². The number of amides is 1. The molecule has 0 bridgehead atoms. The number of hydrogen-bond acceptors (Lipinski definition) is 7. The molecule has 0 aliphatic heterocycles. The molecule has 2 rings (SSSR count). The molecule has 0 heterocycles. The standard InChI is InChI=1S/C8H8O3.C7H7NO5S2/c1-11-7-4-2-6(3-5-7)8(9)10;9-7(6-4-2-1-3-5-6)8(14(10)11)15(12)13/h2-5H,1H3,(H,9,10);1-5H,(H,10,11)(H,12,13)/p-2. The predicted octanol–water partition coefficient (Wildman–Crippen LogP) is 1.11. The van der Waals surface area contributed by atoms with Gasteiger partial charge in [0.15, 0.2) is 0 Å². The molecular formula is C15H13NO8S2-2. The summed E-state index contributed by atoms with van der Waals surface area (Å²) in [4.78, 5) is 21.7. The summed E-state index contributed by atoms with van der Waals surface area (Å²) >= 11 is -6.29. The summed E-state index contributed by atoms with van der Waals surface area (Å²) in [5.41, 5.74) is 0.247. The minimum atomic E-state index is -3.14. The summed E-state index contributed by atoms with van der Waals surface area (Å²) in [7, 11) is 1.54. The number of rotatable bonds is 5. The molecule has 0 aliphatic rings. The quantitative estimate of drug-likeness (QED) is 0.735. The molecule has 1 N–H and O–H groups in total. The fourth-order valence-corrected chi connectivity index (χ4v) is 2.48. The van der Waals surface area contributed by atoms with Gasteiger partial charge in [0.05, 0.1) is 35.2 Å². The Morgan fingerprint density at radius 1 is 0.923 bits per heavy atom. The van der Waals surface area contributed by atoms with Gasteiger partial charge < -0.3 is 18.9 Å². The maximum Gasteiger partial charge on any atom is 0.335 e. The fraction of sp³-hybridized carbons (Fsp3) is 0.0667. The fourth-order valence-electron chi connectivity index (χ4n) is 1.60. The molecule has 26 heavy (non-hydrogen) atoms. The van der Waals surface area contributed by atoms with Crippen LogP contribution in [-0.2, 0) is 22.5 Å². The van der Waals surface area contributed by atoms with E-state index in [2.05, 4.69) is 0 Å². The van der Waals surface area contributed by atoms with Crippen LogP contribution in [0.4, 0.5) is 0 Å². The SMILES string of the molecule is COc1ccc(C(=O)O)cc1.O=C(c1ccccc1)N(S(=O)[O-])S(=O)[O-]. The summed E-state index contributed by atoms with van der Waals surface area (Å²) in [6.07, 6.45) is 0. The molecule has 0 saturated heterocycles. The second-order valence-electron chi connectivity index (χ2n) is 4.40. The molecule has 2 aromatic carbocycles. The molecule has 0 saturated carbocycles. The maximum absolute atomic E-state index is 11.4. The van der Waals surface area contributed by atoms with Gasteiger partial charge in [-0.15, -0.1) is 0 Å². The van der Waals surface area contributed by atoms with E-state index in [9.17, 15) is 27.1 Å². The van der Waals surface area contributed by atoms with Crippen molar-refractivity contribution in [3.63, 3.8) is 0 Å². The highest BCUT2D eigenvalue weighted by Gasteiger charge is 2.16. The van der Waals surface area contributed by atoms with Crippen LogP contribution in [0.25, 0.3) is 0 Å². The van der Waals surface area contributed by atoms with Gasteiger partial charge in [0, 0.05) is 5.56 Å². The van der Waals surface area contributed by atoms with E-state index in [1.807, 2.05) is 0 Å². The van der Waals surface area contributed by atoms with E-state index in [1.165, 1.54) is 43.5 Å². The van der Waals surface area contributed by atoms with Crippen molar-refractivity contribution < 1.29 is 37.0 Å². The minimum Gasteiger partial charge on any atom is -0.754 e. The van der Waals surface area contributed by atoms with Gasteiger partial charge in [-0.1, -0.05) is 18.2 Å². The van der Waals surface area contributed by atoms with E-state index in [0.29, 0.717) is 5.75 Å². The highest BCUT2D eigenvalue weighted by Crippen LogP contribution is 2.10. The lowest BCUT2D eigenvalue weighted by atomic mass is 10.2. The third-order valence-electron chi connectivity index (χ3n) is 2.79. The Kier molecular flexibility index (Phi) is 8.58. The van der Waals surface area contributed by atoms with Gasteiger partial charge in [-0.3, -0.25) is 13.2 Å². The number of carbonyl (C=O) groups is 2. The van der Waals surface area contributed by atoms with Crippen LogP contribution in [0.5, 0.6) is 5.75 Å². The van der Waals surface area contributed by atoms with Crippen molar-refractivity contribution in [3.05, 3.63) is 65.7 Å². The number of nitrogens with zero attached hydrogens (tertiary/aromatic N) is 1. The van der Waals surface area contributed by atoms with Gasteiger partial charge in [0.25, 0.3) is 5.91 Å². The molecule has 0 aromatic heterocycles. The lowest BCUT2D eigenvalue weighted by molar-refractivity contribution is 0.0696. The van der Waals surface area contributed by atoms with E-state index in [0.717, 1.165) is 0 Å². The zero-order valence-corrected chi connectivity index (χ0v) is 14.9. The first-order chi connectivity index (χ1) is 12.3. The van der Waals surface area contributed by atoms with Gasteiger partial charge in [-0.2, -0.15) is 3.71 Å². The van der Waals surface area contributed by atoms with Gasteiger partial charge in [-0.25, -0.2) is 4.79 Å². The van der Waals surface area contributed by atoms with Crippen molar-refractivity contribution in [1.82, 2.24) is 3.71 Å². The van der Waals surface area contributed by atoms with Crippen LogP contribution in [0.2, 0.25) is 0 Å². The summed E-state index contributed by atoms with van der Waals surface area (Å²) < 4.78 is 46.5. The monoisotopic (exact) mass is 399 g/mol. The lowest BCUT2D eigenvalue weighted by Crippen LogP contribution is -2.34. The lowest BCUT2D eigenvalue weighted by Gasteiger charge is -2.25. The number of methoxy groups -OCH3 is 1. The van der Waals surface area contributed by atoms with Gasteiger partial charge in [0.1, 0.15) is 5.75 Å². The van der Waals surface area contributed by atoms with Gasteiger partial charge in [0.2, 0.25) is 0 Å². The highest BCUT2D eigenvalue weighted by molar-refractivity contribution is 7.93. The first kappa shape index (κ1) is 21.4. The number of benzene rings is 2. The smallest absolute Gasteiger partial charge is 0.335 e. The summed E-state index contributed by atoms with van der Waals surface area (Å²) in [6, 6.07) is 13.5. The van der Waals surface area contributed by atoms with Crippen LogP contribution in [0.1, 0.15) is 20.7 Å². The molecule has 1 amide bonds. The molecule has 0 spiro atoms. The van der Waals surface area contributed by atoms with E-state index in [-0.39, 0.29) is 14.8 Å². The number of carboxylic acids is 1. The normalized spacial score (nSPS) is 12.1. The van der Waals surface area contributed by atoms with Crippen molar-refractivity contribution in [2.45, 2.75) is 0 Å². The van der Waals surface area contributed by atoms with Crippen molar-refractivity contribution in [2.75, 3.05) is 7.11 Å². The molecule has 9 nitrogen and oxygen atoms in total. The van der Waals surface area contributed by atoms with Gasteiger partial charge in [-0.05, 0) is 36.4 Å². The molecule has 0 fully saturated rings. The summed E-state index contributed by atoms with van der Waals surface area (Å²) in [6.45, 7) is 0. The van der Waals surface area contributed by atoms with Crippen molar-refractivity contribution in [2.24, 2.45) is 0 Å². The Morgan fingerprint density at radius 2 is 1.42 bits per heavy atom. The molecule has 2 aromatic rings. The molecule has 140 valence electrons. The number of ether oxygens (including phenoxy) is 1. The number of carboxylic acid groups (broad SMARTS) is 1. The molecule has 2 atom stereocenters. The van der Waals surface area contributed by atoms with E-state index >= 15 is 0 Å². The van der Waals surface area contributed by atoms with Crippen molar-refractivity contribution in [1.29, 1.82) is 0 Å². The maximum atomic E-state index is 11.4. The molecule has 0 radical (unpaired) electrons. The van der Waals surface area contributed by atoms with Crippen LogP contribution in [0.15, 0.2) is 54.6 Å². The van der Waals surface area contributed by atoms with E-state index < -0.39 is 34.4 Å². The Bertz CT molecular complexity index is 781.